The molecule has 1 aliphatic rings. The second kappa shape index (κ2) is 9.82. The molecule has 1 atom stereocenters. The fraction of sp³-hybridized carbons (Fsp3) is 0.588. The maximum absolute atomic E-state index is 11.6. The van der Waals surface area contributed by atoms with Crippen LogP contribution in [0, 0.1) is 6.92 Å². The summed E-state index contributed by atoms with van der Waals surface area (Å²) < 4.78 is 0. The summed E-state index contributed by atoms with van der Waals surface area (Å²) in [6, 6.07) is 9.13. The van der Waals surface area contributed by atoms with Gasteiger partial charge in [-0.25, -0.2) is 0 Å². The summed E-state index contributed by atoms with van der Waals surface area (Å²) in [4.78, 5) is 14.1. The molecule has 1 aromatic rings. The van der Waals surface area contributed by atoms with Gasteiger partial charge < -0.3 is 11.1 Å². The molecule has 1 aliphatic heterocycles. The topological polar surface area (TPSA) is 58.4 Å². The molecule has 0 spiro atoms. The summed E-state index contributed by atoms with van der Waals surface area (Å²) in [5.74, 6) is 0.0681. The van der Waals surface area contributed by atoms with Gasteiger partial charge in [-0.05, 0) is 31.9 Å². The van der Waals surface area contributed by atoms with Gasteiger partial charge in [0.2, 0.25) is 5.91 Å². The van der Waals surface area contributed by atoms with E-state index in [1.54, 1.807) is 0 Å². The van der Waals surface area contributed by atoms with Gasteiger partial charge in [0.15, 0.2) is 0 Å². The Labute approximate surface area is 139 Å². The van der Waals surface area contributed by atoms with Gasteiger partial charge in [-0.2, -0.15) is 0 Å². The first-order valence-corrected chi connectivity index (χ1v) is 7.95. The van der Waals surface area contributed by atoms with Crippen molar-refractivity contribution < 1.29 is 4.79 Å². The zero-order valence-electron chi connectivity index (χ0n) is 13.4. The summed E-state index contributed by atoms with van der Waals surface area (Å²) in [5.41, 5.74) is 8.07. The third-order valence-electron chi connectivity index (χ3n) is 4.12. The first-order valence-electron chi connectivity index (χ1n) is 7.95. The molecule has 22 heavy (non-hydrogen) atoms. The Morgan fingerprint density at radius 1 is 1.41 bits per heavy atom. The van der Waals surface area contributed by atoms with Crippen LogP contribution in [0.2, 0.25) is 0 Å². The van der Waals surface area contributed by atoms with E-state index < -0.39 is 0 Å². The van der Waals surface area contributed by atoms with Crippen LogP contribution in [0.4, 0.5) is 0 Å². The van der Waals surface area contributed by atoms with Crippen molar-refractivity contribution in [2.75, 3.05) is 19.6 Å². The minimum absolute atomic E-state index is 0. The van der Waals surface area contributed by atoms with Crippen LogP contribution < -0.4 is 11.1 Å². The van der Waals surface area contributed by atoms with Gasteiger partial charge in [0.25, 0.3) is 0 Å². The van der Waals surface area contributed by atoms with Gasteiger partial charge in [-0.1, -0.05) is 36.2 Å². The van der Waals surface area contributed by atoms with Crippen molar-refractivity contribution in [3.05, 3.63) is 35.4 Å². The molecule has 4 nitrogen and oxygen atoms in total. The quantitative estimate of drug-likeness (QED) is 0.843. The predicted molar refractivity (Wildman–Crippen MR) is 93.2 cm³/mol. The second-order valence-electron chi connectivity index (χ2n) is 5.95. The molecule has 2 rings (SSSR count). The van der Waals surface area contributed by atoms with Crippen molar-refractivity contribution in [1.82, 2.24) is 10.2 Å². The Kier molecular flexibility index (Phi) is 8.46. The van der Waals surface area contributed by atoms with Gasteiger partial charge in [0, 0.05) is 32.1 Å². The molecule has 0 aromatic heterocycles. The monoisotopic (exact) mass is 325 g/mol. The number of nitrogens with one attached hydrogen (secondary N) is 1. The molecule has 1 amide bonds. The number of amides is 1. The standard InChI is InChI=1S/C17H27N3O.ClH/c1-14-5-4-6-15(11-14)13-20-10-3-2-7-16(20)12-19-17(21)8-9-18;/h4-6,11,16H,2-3,7-10,12-13,18H2,1H3,(H,19,21);1H. The SMILES string of the molecule is Cc1cccc(CN2CCCCC2CNC(=O)CCN)c1.Cl. The number of nitrogens with zero attached hydrogens (tertiary/aromatic N) is 1. The molecule has 3 N–H and O–H groups in total. The molecule has 1 aromatic carbocycles. The van der Waals surface area contributed by atoms with Crippen LogP contribution in [0.5, 0.6) is 0 Å². The highest BCUT2D eigenvalue weighted by Crippen LogP contribution is 2.19. The number of hydrogen-bond acceptors (Lipinski definition) is 3. The van der Waals surface area contributed by atoms with Gasteiger partial charge in [-0.3, -0.25) is 9.69 Å². The van der Waals surface area contributed by atoms with Crippen molar-refractivity contribution in [1.29, 1.82) is 0 Å². The van der Waals surface area contributed by atoms with Crippen LogP contribution in [-0.4, -0.2) is 36.5 Å². The summed E-state index contributed by atoms with van der Waals surface area (Å²) in [7, 11) is 0. The van der Waals surface area contributed by atoms with Crippen molar-refractivity contribution >= 4 is 18.3 Å². The van der Waals surface area contributed by atoms with E-state index in [1.807, 2.05) is 0 Å². The number of hydrogen-bond donors (Lipinski definition) is 2. The average molecular weight is 326 g/mol. The number of benzene rings is 1. The number of piperidine rings is 1. The molecule has 0 saturated carbocycles. The molecule has 1 heterocycles. The highest BCUT2D eigenvalue weighted by atomic mass is 35.5. The summed E-state index contributed by atoms with van der Waals surface area (Å²) in [6.45, 7) is 5.38. The fourth-order valence-electron chi connectivity index (χ4n) is 3.00. The largest absolute Gasteiger partial charge is 0.354 e. The van der Waals surface area contributed by atoms with Crippen LogP contribution in [0.25, 0.3) is 0 Å². The molecular weight excluding hydrogens is 298 g/mol. The number of rotatable bonds is 6. The normalized spacial score (nSPS) is 18.5. The minimum atomic E-state index is 0. The molecule has 0 radical (unpaired) electrons. The average Bonchev–Trinajstić information content (AvgIpc) is 2.47. The van der Waals surface area contributed by atoms with Gasteiger partial charge in [0.1, 0.15) is 0 Å². The lowest BCUT2D eigenvalue weighted by molar-refractivity contribution is -0.121. The first-order chi connectivity index (χ1) is 10.2. The number of carbonyl (C=O) groups is 1. The lowest BCUT2D eigenvalue weighted by Crippen LogP contribution is -2.46. The van der Waals surface area contributed by atoms with Gasteiger partial charge in [-0.15, -0.1) is 12.4 Å². The van der Waals surface area contributed by atoms with Crippen molar-refractivity contribution in [2.24, 2.45) is 5.73 Å². The Morgan fingerprint density at radius 3 is 2.95 bits per heavy atom. The third-order valence-corrected chi connectivity index (χ3v) is 4.12. The fourth-order valence-corrected chi connectivity index (χ4v) is 3.00. The number of nitrogens with two attached hydrogens (primary N) is 1. The third kappa shape index (κ3) is 5.95. The Bertz CT molecular complexity index is 467. The van der Waals surface area contributed by atoms with Crippen molar-refractivity contribution in [3.63, 3.8) is 0 Å². The zero-order valence-corrected chi connectivity index (χ0v) is 14.2. The van der Waals surface area contributed by atoms with Crippen LogP contribution in [0.3, 0.4) is 0 Å². The van der Waals surface area contributed by atoms with Crippen LogP contribution in [0.1, 0.15) is 36.8 Å². The van der Waals surface area contributed by atoms with Crippen LogP contribution in [-0.2, 0) is 11.3 Å². The highest BCUT2D eigenvalue weighted by Gasteiger charge is 2.22. The Hall–Kier alpha value is -1.10. The smallest absolute Gasteiger partial charge is 0.221 e. The van der Waals surface area contributed by atoms with E-state index in [2.05, 4.69) is 41.4 Å². The lowest BCUT2D eigenvalue weighted by atomic mass is 10.0. The van der Waals surface area contributed by atoms with Gasteiger partial charge in [0.05, 0.1) is 0 Å². The number of likely N-dealkylation sites (tertiary alicyclic amines) is 1. The van der Waals surface area contributed by atoms with Crippen LogP contribution >= 0.6 is 12.4 Å². The van der Waals surface area contributed by atoms with E-state index in [1.165, 1.54) is 24.0 Å². The molecule has 124 valence electrons. The summed E-state index contributed by atoms with van der Waals surface area (Å²) in [6.07, 6.45) is 4.08. The first kappa shape index (κ1) is 18.9. The van der Waals surface area contributed by atoms with E-state index in [9.17, 15) is 4.79 Å². The van der Waals surface area contributed by atoms with E-state index in [0.29, 0.717) is 19.0 Å². The number of carbonyl (C=O) groups excluding carboxylic acids is 1. The number of halogens is 1. The molecule has 0 bridgehead atoms. The molecule has 1 fully saturated rings. The van der Waals surface area contributed by atoms with Crippen molar-refractivity contribution in [2.45, 2.75) is 45.2 Å². The molecule has 1 saturated heterocycles. The van der Waals surface area contributed by atoms with E-state index in [0.717, 1.165) is 26.1 Å². The molecule has 5 heteroatoms. The summed E-state index contributed by atoms with van der Waals surface area (Å²) in [5, 5.41) is 3.02. The predicted octanol–water partition coefficient (Wildman–Crippen LogP) is 2.24. The maximum atomic E-state index is 11.6. The Balaban J connectivity index is 0.00000242. The molecular formula is C17H28ClN3O. The molecule has 1 unspecified atom stereocenters. The maximum Gasteiger partial charge on any atom is 0.221 e. The number of aryl methyl sites for hydroxylation is 1. The van der Waals surface area contributed by atoms with Crippen LogP contribution in [0.15, 0.2) is 24.3 Å². The van der Waals surface area contributed by atoms with Crippen molar-refractivity contribution in [3.8, 4) is 0 Å². The van der Waals surface area contributed by atoms with Gasteiger partial charge >= 0.3 is 0 Å². The minimum Gasteiger partial charge on any atom is -0.354 e. The van der Waals surface area contributed by atoms with E-state index in [-0.39, 0.29) is 18.3 Å². The zero-order chi connectivity index (χ0) is 15.1. The second-order valence-corrected chi connectivity index (χ2v) is 5.95. The molecule has 0 aliphatic carbocycles. The highest BCUT2D eigenvalue weighted by molar-refractivity contribution is 5.85. The lowest BCUT2D eigenvalue weighted by Gasteiger charge is -2.36. The van der Waals surface area contributed by atoms with E-state index >= 15 is 0 Å². The Morgan fingerprint density at radius 2 is 2.23 bits per heavy atom. The van der Waals surface area contributed by atoms with E-state index in [4.69, 9.17) is 5.73 Å². The summed E-state index contributed by atoms with van der Waals surface area (Å²) >= 11 is 0.